The second-order valence-electron chi connectivity index (χ2n) is 6.39. The molecule has 1 aliphatic carbocycles. The number of aromatic nitrogens is 1. The van der Waals surface area contributed by atoms with Gasteiger partial charge in [0.15, 0.2) is 5.96 Å². The van der Waals surface area contributed by atoms with Crippen molar-refractivity contribution in [1.29, 1.82) is 0 Å². The van der Waals surface area contributed by atoms with E-state index in [2.05, 4.69) is 36.4 Å². The third-order valence-corrected chi connectivity index (χ3v) is 5.64. The fourth-order valence-corrected chi connectivity index (χ4v) is 3.46. The van der Waals surface area contributed by atoms with E-state index < -0.39 is 0 Å². The molecule has 1 aromatic heterocycles. The Labute approximate surface area is 173 Å². The molecule has 0 spiro atoms. The van der Waals surface area contributed by atoms with E-state index >= 15 is 0 Å². The van der Waals surface area contributed by atoms with Crippen molar-refractivity contribution in [2.45, 2.75) is 52.9 Å². The van der Waals surface area contributed by atoms with Gasteiger partial charge >= 0.3 is 0 Å². The maximum absolute atomic E-state index is 5.50. The highest BCUT2D eigenvalue weighted by Crippen LogP contribution is 2.48. The van der Waals surface area contributed by atoms with Crippen molar-refractivity contribution in [2.24, 2.45) is 10.4 Å². The predicted octanol–water partition coefficient (Wildman–Crippen LogP) is 3.63. The van der Waals surface area contributed by atoms with Crippen LogP contribution in [0.25, 0.3) is 0 Å². The molecule has 7 heteroatoms. The lowest BCUT2D eigenvalue weighted by atomic mass is 10.0. The van der Waals surface area contributed by atoms with Gasteiger partial charge < -0.3 is 15.4 Å². The maximum atomic E-state index is 5.50. The molecule has 144 valence electrons. The van der Waals surface area contributed by atoms with Gasteiger partial charge in [0.25, 0.3) is 0 Å². The Hall–Kier alpha value is -0.410. The van der Waals surface area contributed by atoms with Gasteiger partial charge in [-0.2, -0.15) is 0 Å². The number of aliphatic imine (C=N–C) groups is 1. The third-order valence-electron chi connectivity index (χ3n) is 4.44. The lowest BCUT2D eigenvalue weighted by molar-refractivity contribution is 0.129. The number of guanidine groups is 1. The van der Waals surface area contributed by atoms with Crippen LogP contribution in [-0.2, 0) is 17.6 Å². The van der Waals surface area contributed by atoms with Gasteiger partial charge in [-0.15, -0.1) is 35.3 Å². The molecular formula is C18H33IN4OS. The molecule has 0 amide bonds. The van der Waals surface area contributed by atoms with Crippen LogP contribution in [0.4, 0.5) is 0 Å². The first-order valence-electron chi connectivity index (χ1n) is 9.25. The van der Waals surface area contributed by atoms with Crippen LogP contribution in [0.1, 0.15) is 49.9 Å². The lowest BCUT2D eigenvalue weighted by Crippen LogP contribution is -2.38. The molecule has 25 heavy (non-hydrogen) atoms. The van der Waals surface area contributed by atoms with E-state index in [4.69, 9.17) is 9.73 Å². The Balaban J connectivity index is 0.00000312. The number of thiazole rings is 1. The number of hydrogen-bond donors (Lipinski definition) is 2. The number of aryl methyl sites for hydroxylation is 1. The zero-order valence-electron chi connectivity index (χ0n) is 15.8. The summed E-state index contributed by atoms with van der Waals surface area (Å²) in [5.74, 6) is 0.924. The van der Waals surface area contributed by atoms with E-state index in [1.807, 2.05) is 17.5 Å². The van der Waals surface area contributed by atoms with Crippen LogP contribution in [0, 0.1) is 5.41 Å². The molecule has 1 heterocycles. The third kappa shape index (κ3) is 8.21. The fraction of sp³-hybridized carbons (Fsp3) is 0.778. The summed E-state index contributed by atoms with van der Waals surface area (Å²) in [6.07, 6.45) is 7.70. The number of rotatable bonds is 11. The molecular weight excluding hydrogens is 447 g/mol. The summed E-state index contributed by atoms with van der Waals surface area (Å²) in [7, 11) is 0. The van der Waals surface area contributed by atoms with Crippen molar-refractivity contribution in [1.82, 2.24) is 15.6 Å². The molecule has 0 aliphatic heterocycles. The molecule has 5 nitrogen and oxygen atoms in total. The zero-order chi connectivity index (χ0) is 17.3. The van der Waals surface area contributed by atoms with E-state index in [9.17, 15) is 0 Å². The molecule has 1 saturated carbocycles. The van der Waals surface area contributed by atoms with Gasteiger partial charge in [0.05, 0.1) is 5.01 Å². The number of nitrogens with one attached hydrogen (secondary N) is 2. The van der Waals surface area contributed by atoms with Gasteiger partial charge in [0.1, 0.15) is 0 Å². The highest BCUT2D eigenvalue weighted by atomic mass is 127. The van der Waals surface area contributed by atoms with Crippen molar-refractivity contribution in [3.8, 4) is 0 Å². The van der Waals surface area contributed by atoms with Crippen LogP contribution in [0.15, 0.2) is 11.2 Å². The first-order valence-corrected chi connectivity index (χ1v) is 10.1. The average Bonchev–Trinajstić information content (AvgIpc) is 3.21. The first-order chi connectivity index (χ1) is 11.7. The number of hydrogen-bond acceptors (Lipinski definition) is 4. The summed E-state index contributed by atoms with van der Waals surface area (Å²) in [5, 5.41) is 7.98. The Morgan fingerprint density at radius 2 is 2.12 bits per heavy atom. The quantitative estimate of drug-likeness (QED) is 0.220. The Morgan fingerprint density at radius 3 is 2.72 bits per heavy atom. The first kappa shape index (κ1) is 22.6. The monoisotopic (exact) mass is 480 g/mol. The van der Waals surface area contributed by atoms with Crippen LogP contribution < -0.4 is 10.6 Å². The van der Waals surface area contributed by atoms with Crippen LogP contribution in [0.2, 0.25) is 0 Å². The molecule has 1 fully saturated rings. The van der Waals surface area contributed by atoms with E-state index in [0.29, 0.717) is 5.41 Å². The van der Waals surface area contributed by atoms with Gasteiger partial charge in [-0.1, -0.05) is 6.92 Å². The van der Waals surface area contributed by atoms with Crippen molar-refractivity contribution < 1.29 is 4.74 Å². The van der Waals surface area contributed by atoms with Crippen LogP contribution in [-0.4, -0.2) is 43.8 Å². The molecule has 0 bridgehead atoms. The maximum Gasteiger partial charge on any atom is 0.191 e. The zero-order valence-corrected chi connectivity index (χ0v) is 18.9. The van der Waals surface area contributed by atoms with Crippen molar-refractivity contribution in [2.75, 3.05) is 32.8 Å². The minimum Gasteiger partial charge on any atom is -0.382 e. The van der Waals surface area contributed by atoms with Gasteiger partial charge in [-0.05, 0) is 44.9 Å². The average molecular weight is 480 g/mol. The summed E-state index contributed by atoms with van der Waals surface area (Å²) < 4.78 is 5.50. The number of ether oxygens (including phenoxy) is 1. The van der Waals surface area contributed by atoms with E-state index in [1.165, 1.54) is 22.7 Å². The second kappa shape index (κ2) is 12.1. The fourth-order valence-electron chi connectivity index (χ4n) is 2.60. The second-order valence-corrected chi connectivity index (χ2v) is 7.59. The smallest absolute Gasteiger partial charge is 0.191 e. The minimum absolute atomic E-state index is 0. The number of halogens is 1. The SMILES string of the molecule is CCNC(=NCC1(CCOCC)CC1)NCCc1ncc(CC)s1.I. The summed E-state index contributed by atoms with van der Waals surface area (Å²) in [4.78, 5) is 10.6. The molecule has 0 unspecified atom stereocenters. The molecule has 1 aliphatic rings. The standard InChI is InChI=1S/C18H32N4OS.HI/c1-4-15-13-21-16(24-15)7-11-20-17(19-5-2)22-14-18(8-9-18)10-12-23-6-3;/h13H,4-12,14H2,1-3H3,(H2,19,20,22);1H. The van der Waals surface area contributed by atoms with Crippen LogP contribution in [0.5, 0.6) is 0 Å². The Bertz CT molecular complexity index is 517. The molecule has 2 rings (SSSR count). The van der Waals surface area contributed by atoms with E-state index in [1.54, 1.807) is 0 Å². The Morgan fingerprint density at radius 1 is 1.32 bits per heavy atom. The Kier molecular flexibility index (Phi) is 10.9. The van der Waals surface area contributed by atoms with Crippen LogP contribution >= 0.6 is 35.3 Å². The van der Waals surface area contributed by atoms with Crippen LogP contribution in [0.3, 0.4) is 0 Å². The molecule has 0 saturated heterocycles. The molecule has 1 aromatic rings. The van der Waals surface area contributed by atoms with Gasteiger partial charge in [0, 0.05) is 50.3 Å². The topological polar surface area (TPSA) is 58.5 Å². The number of nitrogens with zero attached hydrogens (tertiary/aromatic N) is 2. The molecule has 2 N–H and O–H groups in total. The molecule has 0 aromatic carbocycles. The normalized spacial score (nSPS) is 15.6. The predicted molar refractivity (Wildman–Crippen MR) is 117 cm³/mol. The van der Waals surface area contributed by atoms with Crippen molar-refractivity contribution in [3.63, 3.8) is 0 Å². The van der Waals surface area contributed by atoms with Gasteiger partial charge in [-0.25, -0.2) is 4.98 Å². The minimum atomic E-state index is 0. The summed E-state index contributed by atoms with van der Waals surface area (Å²) >= 11 is 1.81. The molecule has 0 atom stereocenters. The largest absolute Gasteiger partial charge is 0.382 e. The summed E-state index contributed by atoms with van der Waals surface area (Å²) in [6.45, 7) is 10.6. The van der Waals surface area contributed by atoms with Gasteiger partial charge in [0.2, 0.25) is 0 Å². The molecule has 0 radical (unpaired) electrons. The van der Waals surface area contributed by atoms with Gasteiger partial charge in [-0.3, -0.25) is 4.99 Å². The van der Waals surface area contributed by atoms with E-state index in [0.717, 1.165) is 58.1 Å². The highest BCUT2D eigenvalue weighted by Gasteiger charge is 2.41. The van der Waals surface area contributed by atoms with E-state index in [-0.39, 0.29) is 24.0 Å². The summed E-state index contributed by atoms with van der Waals surface area (Å²) in [5.41, 5.74) is 0.392. The van der Waals surface area contributed by atoms with Crippen molar-refractivity contribution >= 4 is 41.3 Å². The summed E-state index contributed by atoms with van der Waals surface area (Å²) in [6, 6.07) is 0. The highest BCUT2D eigenvalue weighted by molar-refractivity contribution is 14.0. The van der Waals surface area contributed by atoms with Crippen molar-refractivity contribution in [3.05, 3.63) is 16.1 Å². The lowest BCUT2D eigenvalue weighted by Gasteiger charge is -2.15.